The fourth-order valence-electron chi connectivity index (χ4n) is 2.84. The maximum absolute atomic E-state index is 12.2. The van der Waals surface area contributed by atoms with E-state index in [4.69, 9.17) is 4.42 Å². The number of para-hydroxylation sites is 3. The topological polar surface area (TPSA) is 64.2 Å². The van der Waals surface area contributed by atoms with Gasteiger partial charge in [0.15, 0.2) is 5.58 Å². The fraction of sp³-hybridized carbons (Fsp3) is 0.263. The molecule has 2 aromatic carbocycles. The highest BCUT2D eigenvalue weighted by atomic mass is 16.4. The van der Waals surface area contributed by atoms with E-state index in [1.807, 2.05) is 50.2 Å². The van der Waals surface area contributed by atoms with E-state index < -0.39 is 0 Å². The van der Waals surface area contributed by atoms with Gasteiger partial charge in [0.2, 0.25) is 5.91 Å². The second-order valence-electron chi connectivity index (χ2n) is 5.91. The second-order valence-corrected chi connectivity index (χ2v) is 5.91. The van der Waals surface area contributed by atoms with Gasteiger partial charge >= 0.3 is 5.76 Å². The Morgan fingerprint density at radius 1 is 1.08 bits per heavy atom. The van der Waals surface area contributed by atoms with Gasteiger partial charge in [0, 0.05) is 18.7 Å². The monoisotopic (exact) mass is 324 g/mol. The highest BCUT2D eigenvalue weighted by Gasteiger charge is 2.10. The van der Waals surface area contributed by atoms with Crippen molar-refractivity contribution in [2.75, 3.05) is 5.32 Å². The number of oxazole rings is 1. The molecule has 3 rings (SSSR count). The molecular formula is C19H20N2O3. The zero-order valence-electron chi connectivity index (χ0n) is 13.8. The van der Waals surface area contributed by atoms with Crippen molar-refractivity contribution >= 4 is 22.7 Å². The van der Waals surface area contributed by atoms with Crippen molar-refractivity contribution < 1.29 is 9.21 Å². The molecule has 0 saturated heterocycles. The Bertz CT molecular complexity index is 917. The molecule has 0 aliphatic rings. The van der Waals surface area contributed by atoms with Crippen molar-refractivity contribution in [3.63, 3.8) is 0 Å². The van der Waals surface area contributed by atoms with Crippen LogP contribution >= 0.6 is 0 Å². The van der Waals surface area contributed by atoms with Crippen LogP contribution in [0.4, 0.5) is 5.69 Å². The number of hydrogen-bond donors (Lipinski definition) is 1. The van der Waals surface area contributed by atoms with E-state index in [0.29, 0.717) is 25.0 Å². The molecule has 0 bridgehead atoms. The lowest BCUT2D eigenvalue weighted by Crippen LogP contribution is -2.17. The number of aromatic nitrogens is 1. The molecule has 0 radical (unpaired) electrons. The molecule has 5 heteroatoms. The van der Waals surface area contributed by atoms with Crippen molar-refractivity contribution in [2.45, 2.75) is 33.2 Å². The minimum absolute atomic E-state index is 0.0479. The molecule has 1 amide bonds. The van der Waals surface area contributed by atoms with E-state index in [0.717, 1.165) is 22.3 Å². The van der Waals surface area contributed by atoms with Crippen LogP contribution in [0.3, 0.4) is 0 Å². The van der Waals surface area contributed by atoms with E-state index in [2.05, 4.69) is 5.32 Å². The third-order valence-corrected chi connectivity index (χ3v) is 4.10. The lowest BCUT2D eigenvalue weighted by Gasteiger charge is -2.11. The third kappa shape index (κ3) is 3.25. The lowest BCUT2D eigenvalue weighted by atomic mass is 10.1. The SMILES string of the molecule is Cc1cccc(C)c1NC(=O)CCCn1c(=O)oc2ccccc21. The average molecular weight is 324 g/mol. The van der Waals surface area contributed by atoms with E-state index in [9.17, 15) is 9.59 Å². The van der Waals surface area contributed by atoms with Crippen molar-refractivity contribution in [3.05, 3.63) is 64.1 Å². The molecule has 0 unspecified atom stereocenters. The van der Waals surface area contributed by atoms with Gasteiger partial charge in [0.1, 0.15) is 0 Å². The highest BCUT2D eigenvalue weighted by Crippen LogP contribution is 2.20. The van der Waals surface area contributed by atoms with Gasteiger partial charge in [0.25, 0.3) is 0 Å². The smallest absolute Gasteiger partial charge is 0.408 e. The van der Waals surface area contributed by atoms with E-state index in [-0.39, 0.29) is 11.7 Å². The first kappa shape index (κ1) is 16.1. The molecule has 0 aliphatic heterocycles. The van der Waals surface area contributed by atoms with Crippen LogP contribution in [0.25, 0.3) is 11.1 Å². The van der Waals surface area contributed by atoms with Gasteiger partial charge in [-0.15, -0.1) is 0 Å². The molecule has 124 valence electrons. The summed E-state index contributed by atoms with van der Waals surface area (Å²) >= 11 is 0. The van der Waals surface area contributed by atoms with Crippen molar-refractivity contribution in [2.24, 2.45) is 0 Å². The Hall–Kier alpha value is -2.82. The Labute approximate surface area is 139 Å². The lowest BCUT2D eigenvalue weighted by molar-refractivity contribution is -0.116. The Kier molecular flexibility index (Phi) is 4.51. The summed E-state index contributed by atoms with van der Waals surface area (Å²) in [6.07, 6.45) is 0.917. The molecule has 3 aromatic rings. The number of nitrogens with one attached hydrogen (secondary N) is 1. The number of benzene rings is 2. The highest BCUT2D eigenvalue weighted by molar-refractivity contribution is 5.92. The number of hydrogen-bond acceptors (Lipinski definition) is 3. The summed E-state index contributed by atoms with van der Waals surface area (Å²) in [6, 6.07) is 13.2. The first-order valence-corrected chi connectivity index (χ1v) is 8.00. The quantitative estimate of drug-likeness (QED) is 0.779. The van der Waals surface area contributed by atoms with Gasteiger partial charge in [0.05, 0.1) is 5.52 Å². The summed E-state index contributed by atoms with van der Waals surface area (Å²) in [6.45, 7) is 4.40. The number of fused-ring (bicyclic) bond motifs is 1. The number of nitrogens with zero attached hydrogens (tertiary/aromatic N) is 1. The van der Waals surface area contributed by atoms with Crippen LogP contribution in [0.15, 0.2) is 51.7 Å². The zero-order valence-corrected chi connectivity index (χ0v) is 13.8. The standard InChI is InChI=1S/C19H20N2O3/c1-13-7-5-8-14(2)18(13)20-17(22)11-6-12-21-15-9-3-4-10-16(15)24-19(21)23/h3-5,7-10H,6,11-12H2,1-2H3,(H,20,22). The van der Waals surface area contributed by atoms with Gasteiger partial charge in [-0.1, -0.05) is 30.3 Å². The Morgan fingerprint density at radius 2 is 1.79 bits per heavy atom. The number of rotatable bonds is 5. The summed E-state index contributed by atoms with van der Waals surface area (Å²) in [5, 5.41) is 2.96. The van der Waals surface area contributed by atoms with Crippen LogP contribution in [0.5, 0.6) is 0 Å². The van der Waals surface area contributed by atoms with Gasteiger partial charge in [-0.05, 0) is 43.5 Å². The normalized spacial score (nSPS) is 10.9. The summed E-state index contributed by atoms with van der Waals surface area (Å²) in [5.74, 6) is -0.431. The van der Waals surface area contributed by atoms with Crippen LogP contribution in [0.1, 0.15) is 24.0 Å². The van der Waals surface area contributed by atoms with Crippen LogP contribution < -0.4 is 11.1 Å². The molecule has 24 heavy (non-hydrogen) atoms. The molecule has 0 fully saturated rings. The number of aryl methyl sites for hydroxylation is 3. The van der Waals surface area contributed by atoms with E-state index in [1.165, 1.54) is 0 Å². The number of carbonyl (C=O) groups excluding carboxylic acids is 1. The summed E-state index contributed by atoms with van der Waals surface area (Å²) in [4.78, 5) is 24.1. The maximum atomic E-state index is 12.2. The largest absolute Gasteiger partial charge is 0.419 e. The van der Waals surface area contributed by atoms with Crippen LogP contribution in [-0.2, 0) is 11.3 Å². The third-order valence-electron chi connectivity index (χ3n) is 4.10. The molecule has 0 atom stereocenters. The van der Waals surface area contributed by atoms with Crippen molar-refractivity contribution in [1.29, 1.82) is 0 Å². The van der Waals surface area contributed by atoms with Crippen molar-refractivity contribution in [3.8, 4) is 0 Å². The predicted octanol–water partition coefficient (Wildman–Crippen LogP) is 3.63. The first-order valence-electron chi connectivity index (χ1n) is 8.00. The van der Waals surface area contributed by atoms with Gasteiger partial charge in [-0.3, -0.25) is 9.36 Å². The molecule has 0 spiro atoms. The maximum Gasteiger partial charge on any atom is 0.419 e. The minimum atomic E-state index is -0.383. The van der Waals surface area contributed by atoms with Crippen LogP contribution in [0.2, 0.25) is 0 Å². The summed E-state index contributed by atoms with van der Waals surface area (Å²) in [5.41, 5.74) is 4.29. The number of amides is 1. The van der Waals surface area contributed by atoms with Gasteiger partial charge in [-0.25, -0.2) is 4.79 Å². The molecule has 0 saturated carbocycles. The zero-order chi connectivity index (χ0) is 17.1. The fourth-order valence-corrected chi connectivity index (χ4v) is 2.84. The Morgan fingerprint density at radius 3 is 2.54 bits per heavy atom. The van der Waals surface area contributed by atoms with E-state index in [1.54, 1.807) is 10.6 Å². The van der Waals surface area contributed by atoms with E-state index >= 15 is 0 Å². The molecule has 5 nitrogen and oxygen atoms in total. The molecule has 1 N–H and O–H groups in total. The van der Waals surface area contributed by atoms with Crippen LogP contribution in [-0.4, -0.2) is 10.5 Å². The second kappa shape index (κ2) is 6.74. The molecular weight excluding hydrogens is 304 g/mol. The minimum Gasteiger partial charge on any atom is -0.408 e. The summed E-state index contributed by atoms with van der Waals surface area (Å²) < 4.78 is 6.76. The molecule has 0 aliphatic carbocycles. The van der Waals surface area contributed by atoms with Crippen LogP contribution in [0, 0.1) is 13.8 Å². The van der Waals surface area contributed by atoms with Crippen molar-refractivity contribution in [1.82, 2.24) is 4.57 Å². The first-order chi connectivity index (χ1) is 11.6. The molecule has 1 aromatic heterocycles. The average Bonchev–Trinajstić information content (AvgIpc) is 2.87. The summed E-state index contributed by atoms with van der Waals surface area (Å²) in [7, 11) is 0. The number of carbonyl (C=O) groups is 1. The van der Waals surface area contributed by atoms with Gasteiger partial charge < -0.3 is 9.73 Å². The Balaban J connectivity index is 1.63. The predicted molar refractivity (Wildman–Crippen MR) is 94.3 cm³/mol. The number of anilines is 1. The van der Waals surface area contributed by atoms with Gasteiger partial charge in [-0.2, -0.15) is 0 Å². The molecule has 1 heterocycles.